The Kier molecular flexibility index (Phi) is 4.84. The molecule has 0 saturated carbocycles. The molecule has 2 saturated heterocycles. The van der Waals surface area contributed by atoms with Crippen LogP contribution >= 0.6 is 0 Å². The van der Waals surface area contributed by atoms with E-state index in [9.17, 15) is 13.6 Å². The zero-order valence-electron chi connectivity index (χ0n) is 13.7. The monoisotopic (exact) mass is 340 g/mol. The van der Waals surface area contributed by atoms with Crippen LogP contribution < -0.4 is 10.2 Å². The fraction of sp³-hybridized carbons (Fsp3) is 0.625. The quantitative estimate of drug-likeness (QED) is 0.909. The van der Waals surface area contributed by atoms with Gasteiger partial charge in [0.1, 0.15) is 12.6 Å². The number of carbonyl (C=O) groups is 1. The minimum Gasteiger partial charge on any atom is -0.373 e. The Morgan fingerprint density at radius 3 is 2.92 bits per heavy atom. The third kappa shape index (κ3) is 3.58. The van der Waals surface area contributed by atoms with Gasteiger partial charge >= 0.3 is 6.03 Å². The summed E-state index contributed by atoms with van der Waals surface area (Å²) in [5.41, 5.74) is 1.96. The molecule has 132 valence electrons. The van der Waals surface area contributed by atoms with Gasteiger partial charge in [-0.15, -0.1) is 0 Å². The van der Waals surface area contributed by atoms with Gasteiger partial charge in [-0.1, -0.05) is 0 Å². The lowest BCUT2D eigenvalue weighted by molar-refractivity contribution is -0.0222. The average Bonchev–Trinajstić information content (AvgIpc) is 3.18. The summed E-state index contributed by atoms with van der Waals surface area (Å²) < 4.78 is 31.9. The molecule has 2 fully saturated rings. The summed E-state index contributed by atoms with van der Waals surface area (Å²) in [6, 6.07) is 0.0577. The van der Waals surface area contributed by atoms with Gasteiger partial charge in [0.05, 0.1) is 18.5 Å². The summed E-state index contributed by atoms with van der Waals surface area (Å²) in [7, 11) is 1.59. The molecule has 0 aliphatic carbocycles. The second kappa shape index (κ2) is 6.88. The molecule has 0 aromatic carbocycles. The normalized spacial score (nSPS) is 22.6. The van der Waals surface area contributed by atoms with Gasteiger partial charge < -0.3 is 19.9 Å². The largest absolute Gasteiger partial charge is 0.373 e. The van der Waals surface area contributed by atoms with Gasteiger partial charge in [-0.05, 0) is 24.5 Å². The smallest absolute Gasteiger partial charge is 0.317 e. The van der Waals surface area contributed by atoms with Crippen LogP contribution in [-0.2, 0) is 11.3 Å². The van der Waals surface area contributed by atoms with Crippen molar-refractivity contribution in [1.82, 2.24) is 15.2 Å². The molecule has 3 heterocycles. The molecule has 1 aromatic heterocycles. The van der Waals surface area contributed by atoms with Gasteiger partial charge in [0, 0.05) is 32.9 Å². The van der Waals surface area contributed by atoms with Crippen molar-refractivity contribution in [3.05, 3.63) is 24.0 Å². The van der Waals surface area contributed by atoms with Crippen LogP contribution in [0.3, 0.4) is 0 Å². The van der Waals surface area contributed by atoms with E-state index in [-0.39, 0.29) is 6.61 Å². The molecule has 0 bridgehead atoms. The summed E-state index contributed by atoms with van der Waals surface area (Å²) >= 11 is 0. The number of nitrogens with one attached hydrogen (secondary N) is 1. The molecular formula is C16H22F2N4O2. The number of nitrogens with zero attached hydrogens (tertiary/aromatic N) is 3. The Labute approximate surface area is 139 Å². The molecule has 0 spiro atoms. The molecule has 24 heavy (non-hydrogen) atoms. The molecular weight excluding hydrogens is 318 g/mol. The van der Waals surface area contributed by atoms with E-state index in [1.165, 1.54) is 4.90 Å². The maximum atomic E-state index is 13.6. The lowest BCUT2D eigenvalue weighted by Gasteiger charge is -2.26. The summed E-state index contributed by atoms with van der Waals surface area (Å²) in [6.07, 6.45) is 5.76. The number of ether oxygens (including phenoxy) is 1. The molecule has 1 aromatic rings. The van der Waals surface area contributed by atoms with Crippen molar-refractivity contribution in [2.45, 2.75) is 31.4 Å². The zero-order valence-corrected chi connectivity index (χ0v) is 13.7. The van der Waals surface area contributed by atoms with Crippen LogP contribution in [0, 0.1) is 0 Å². The first-order valence-corrected chi connectivity index (χ1v) is 8.12. The highest BCUT2D eigenvalue weighted by atomic mass is 19.3. The van der Waals surface area contributed by atoms with Gasteiger partial charge in [0.25, 0.3) is 5.92 Å². The molecule has 1 unspecified atom stereocenters. The van der Waals surface area contributed by atoms with E-state index in [0.29, 0.717) is 6.54 Å². The molecule has 2 amide bonds. The van der Waals surface area contributed by atoms with E-state index in [4.69, 9.17) is 4.74 Å². The van der Waals surface area contributed by atoms with Gasteiger partial charge in [0.15, 0.2) is 0 Å². The predicted molar refractivity (Wildman–Crippen MR) is 85.2 cm³/mol. The molecule has 2 aliphatic rings. The van der Waals surface area contributed by atoms with Crippen LogP contribution in [0.4, 0.5) is 19.3 Å². The van der Waals surface area contributed by atoms with Crippen LogP contribution in [0.2, 0.25) is 0 Å². The number of pyridine rings is 1. The van der Waals surface area contributed by atoms with E-state index in [2.05, 4.69) is 15.2 Å². The fourth-order valence-electron chi connectivity index (χ4n) is 3.06. The van der Waals surface area contributed by atoms with Gasteiger partial charge in [-0.3, -0.25) is 4.98 Å². The highest BCUT2D eigenvalue weighted by Gasteiger charge is 2.46. The zero-order chi connectivity index (χ0) is 17.2. The number of carbonyl (C=O) groups excluding carboxylic acids is 1. The average molecular weight is 340 g/mol. The van der Waals surface area contributed by atoms with Crippen molar-refractivity contribution in [3.63, 3.8) is 0 Å². The van der Waals surface area contributed by atoms with E-state index in [1.54, 1.807) is 19.4 Å². The summed E-state index contributed by atoms with van der Waals surface area (Å²) in [6.45, 7) is 1.46. The first kappa shape index (κ1) is 16.9. The molecule has 3 rings (SSSR count). The first-order valence-electron chi connectivity index (χ1n) is 8.12. The van der Waals surface area contributed by atoms with Gasteiger partial charge in [0.2, 0.25) is 0 Å². The van der Waals surface area contributed by atoms with Crippen LogP contribution in [0.15, 0.2) is 18.5 Å². The topological polar surface area (TPSA) is 57.7 Å². The van der Waals surface area contributed by atoms with Crippen molar-refractivity contribution in [2.75, 3.05) is 38.3 Å². The maximum Gasteiger partial charge on any atom is 0.317 e. The van der Waals surface area contributed by atoms with Crippen molar-refractivity contribution < 1.29 is 18.3 Å². The van der Waals surface area contributed by atoms with E-state index >= 15 is 0 Å². The number of hydrogen-bond donors (Lipinski definition) is 1. The highest BCUT2D eigenvalue weighted by molar-refractivity contribution is 5.74. The van der Waals surface area contributed by atoms with E-state index in [0.717, 1.165) is 37.2 Å². The third-order valence-corrected chi connectivity index (χ3v) is 4.48. The lowest BCUT2D eigenvalue weighted by atomic mass is 10.2. The number of aromatic nitrogens is 1. The summed E-state index contributed by atoms with van der Waals surface area (Å²) in [5, 5.41) is 2.36. The van der Waals surface area contributed by atoms with Crippen LogP contribution in [-0.4, -0.2) is 61.2 Å². The van der Waals surface area contributed by atoms with Crippen molar-refractivity contribution in [2.24, 2.45) is 0 Å². The van der Waals surface area contributed by atoms with Crippen molar-refractivity contribution in [3.8, 4) is 0 Å². The Morgan fingerprint density at radius 2 is 2.25 bits per heavy atom. The lowest BCUT2D eigenvalue weighted by Crippen LogP contribution is -2.50. The minimum absolute atomic E-state index is 0.166. The standard InChI is InChI=1S/C16H22F2N4O2/c1-21(15(23)20-14-10-24-11-16(14,17)18)9-12-4-5-19-8-13(12)22-6-2-3-7-22/h4-5,8,14H,2-3,6-7,9-11H2,1H3,(H,20,23). The Morgan fingerprint density at radius 1 is 1.50 bits per heavy atom. The number of anilines is 1. The number of halogens is 2. The molecule has 1 N–H and O–H groups in total. The summed E-state index contributed by atoms with van der Waals surface area (Å²) in [5.74, 6) is -3.02. The maximum absolute atomic E-state index is 13.6. The SMILES string of the molecule is CN(Cc1ccncc1N1CCCC1)C(=O)NC1COCC1(F)F. The Hall–Kier alpha value is -1.96. The fourth-order valence-corrected chi connectivity index (χ4v) is 3.06. The van der Waals surface area contributed by atoms with Crippen LogP contribution in [0.5, 0.6) is 0 Å². The van der Waals surface area contributed by atoms with E-state index in [1.807, 2.05) is 6.07 Å². The van der Waals surface area contributed by atoms with Gasteiger partial charge in [-0.2, -0.15) is 0 Å². The Balaban J connectivity index is 1.64. The molecule has 1 atom stereocenters. The number of amides is 2. The predicted octanol–water partition coefficient (Wildman–Crippen LogP) is 1.86. The molecule has 0 radical (unpaired) electrons. The first-order chi connectivity index (χ1) is 11.5. The van der Waals surface area contributed by atoms with Crippen LogP contribution in [0.1, 0.15) is 18.4 Å². The Bertz CT molecular complexity index is 593. The molecule has 6 nitrogen and oxygen atoms in total. The van der Waals surface area contributed by atoms with Crippen LogP contribution in [0.25, 0.3) is 0 Å². The number of rotatable bonds is 4. The van der Waals surface area contributed by atoms with Crippen molar-refractivity contribution in [1.29, 1.82) is 0 Å². The number of hydrogen-bond acceptors (Lipinski definition) is 4. The highest BCUT2D eigenvalue weighted by Crippen LogP contribution is 2.26. The molecule has 8 heteroatoms. The number of urea groups is 1. The van der Waals surface area contributed by atoms with Crippen molar-refractivity contribution >= 4 is 11.7 Å². The third-order valence-electron chi connectivity index (χ3n) is 4.48. The molecule has 2 aliphatic heterocycles. The minimum atomic E-state index is -3.02. The second-order valence-corrected chi connectivity index (χ2v) is 6.33. The second-order valence-electron chi connectivity index (χ2n) is 6.33. The summed E-state index contributed by atoms with van der Waals surface area (Å²) in [4.78, 5) is 20.0. The number of alkyl halides is 2. The van der Waals surface area contributed by atoms with Gasteiger partial charge in [-0.25, -0.2) is 13.6 Å². The van der Waals surface area contributed by atoms with E-state index < -0.39 is 24.6 Å².